The van der Waals surface area contributed by atoms with E-state index in [1.165, 1.54) is 51.7 Å². The van der Waals surface area contributed by atoms with Crippen LogP contribution in [0.25, 0.3) is 21.7 Å². The van der Waals surface area contributed by atoms with E-state index in [-0.39, 0.29) is 27.3 Å². The molecule has 1 aromatic heterocycles. The Hall–Kier alpha value is -3.42. The zero-order valence-corrected chi connectivity index (χ0v) is 18.7. The molecular formula is C23H16Cl2O7. The van der Waals surface area contributed by atoms with Gasteiger partial charge >= 0.3 is 11.6 Å². The van der Waals surface area contributed by atoms with E-state index in [1.54, 1.807) is 12.1 Å². The van der Waals surface area contributed by atoms with Gasteiger partial charge in [-0.3, -0.25) is 0 Å². The van der Waals surface area contributed by atoms with Gasteiger partial charge in [0.05, 0.1) is 37.3 Å². The van der Waals surface area contributed by atoms with Crippen molar-refractivity contribution in [1.29, 1.82) is 0 Å². The lowest BCUT2D eigenvalue weighted by molar-refractivity contribution is 0.0735. The summed E-state index contributed by atoms with van der Waals surface area (Å²) in [6, 6.07) is 10.6. The van der Waals surface area contributed by atoms with E-state index >= 15 is 0 Å². The van der Waals surface area contributed by atoms with Crippen molar-refractivity contribution in [3.63, 3.8) is 0 Å². The quantitative estimate of drug-likeness (QED) is 0.163. The summed E-state index contributed by atoms with van der Waals surface area (Å²) in [4.78, 5) is 25.2. The van der Waals surface area contributed by atoms with E-state index in [9.17, 15) is 9.59 Å². The molecule has 0 amide bonds. The second-order valence-corrected chi connectivity index (χ2v) is 7.47. The summed E-state index contributed by atoms with van der Waals surface area (Å²) in [6.07, 6.45) is 0. The van der Waals surface area contributed by atoms with Crippen LogP contribution in [0.2, 0.25) is 10.0 Å². The molecule has 0 saturated carbocycles. The van der Waals surface area contributed by atoms with Crippen LogP contribution >= 0.6 is 23.2 Å². The fourth-order valence-corrected chi connectivity index (χ4v) is 3.90. The molecule has 0 saturated heterocycles. The number of halogens is 2. The first-order chi connectivity index (χ1) is 15.4. The van der Waals surface area contributed by atoms with Crippen LogP contribution in [-0.2, 0) is 0 Å². The van der Waals surface area contributed by atoms with E-state index in [2.05, 4.69) is 0 Å². The van der Waals surface area contributed by atoms with Crippen LogP contribution in [0.1, 0.15) is 10.4 Å². The molecule has 3 aromatic carbocycles. The number of fused-ring (bicyclic) bond motifs is 3. The van der Waals surface area contributed by atoms with Crippen molar-refractivity contribution >= 4 is 50.9 Å². The number of hydrogen-bond donors (Lipinski definition) is 0. The second kappa shape index (κ2) is 8.61. The van der Waals surface area contributed by atoms with Gasteiger partial charge in [0.15, 0.2) is 11.5 Å². The predicted molar refractivity (Wildman–Crippen MR) is 121 cm³/mol. The molecule has 0 radical (unpaired) electrons. The Morgan fingerprint density at radius 3 is 2.28 bits per heavy atom. The van der Waals surface area contributed by atoms with Gasteiger partial charge in [0.1, 0.15) is 11.3 Å². The summed E-state index contributed by atoms with van der Waals surface area (Å²) in [7, 11) is 4.39. The molecule has 0 fully saturated rings. The minimum absolute atomic E-state index is 0.148. The standard InChI is InChI=1S/C23H16Cl2O7/c1-28-18-10-15-19(21(30-3)20(18)29-2)14-7-5-12(9-17(14)32-23(15)27)31-22(26)13-6-4-11(24)8-16(13)25/h4-10H,1-3H3. The summed E-state index contributed by atoms with van der Waals surface area (Å²) in [5.41, 5.74) is -0.272. The Morgan fingerprint density at radius 1 is 0.875 bits per heavy atom. The molecular weight excluding hydrogens is 459 g/mol. The fourth-order valence-electron chi connectivity index (χ4n) is 3.41. The summed E-state index contributed by atoms with van der Waals surface area (Å²) in [5.74, 6) is 0.460. The lowest BCUT2D eigenvalue weighted by atomic mass is 10.0. The maximum atomic E-state index is 12.7. The first-order valence-electron chi connectivity index (χ1n) is 9.24. The molecule has 0 aliphatic rings. The lowest BCUT2D eigenvalue weighted by Crippen LogP contribution is -2.09. The maximum Gasteiger partial charge on any atom is 0.345 e. The Labute approximate surface area is 192 Å². The molecule has 1 heterocycles. The van der Waals surface area contributed by atoms with Crippen molar-refractivity contribution in [1.82, 2.24) is 0 Å². The van der Waals surface area contributed by atoms with Crippen LogP contribution in [0.15, 0.2) is 51.7 Å². The minimum Gasteiger partial charge on any atom is -0.493 e. The molecule has 32 heavy (non-hydrogen) atoms. The van der Waals surface area contributed by atoms with Crippen molar-refractivity contribution in [2.45, 2.75) is 0 Å². The van der Waals surface area contributed by atoms with Gasteiger partial charge < -0.3 is 23.4 Å². The zero-order valence-electron chi connectivity index (χ0n) is 17.2. The van der Waals surface area contributed by atoms with Gasteiger partial charge in [-0.1, -0.05) is 23.2 Å². The smallest absolute Gasteiger partial charge is 0.345 e. The molecule has 0 aliphatic heterocycles. The largest absolute Gasteiger partial charge is 0.493 e. The first-order valence-corrected chi connectivity index (χ1v) is 10.00. The summed E-state index contributed by atoms with van der Waals surface area (Å²) in [6.45, 7) is 0. The van der Waals surface area contributed by atoms with Crippen LogP contribution in [0.5, 0.6) is 23.0 Å². The molecule has 9 heteroatoms. The number of ether oxygens (including phenoxy) is 4. The number of carbonyl (C=O) groups is 1. The third-order valence-corrected chi connectivity index (χ3v) is 5.38. The zero-order chi connectivity index (χ0) is 23.0. The summed E-state index contributed by atoms with van der Waals surface area (Å²) < 4.78 is 27.2. The topological polar surface area (TPSA) is 84.2 Å². The van der Waals surface area contributed by atoms with Gasteiger partial charge in [0.2, 0.25) is 5.75 Å². The number of hydrogen-bond acceptors (Lipinski definition) is 7. The predicted octanol–water partition coefficient (Wildman–Crippen LogP) is 5.50. The van der Waals surface area contributed by atoms with Gasteiger partial charge in [0.25, 0.3) is 0 Å². The third kappa shape index (κ3) is 3.70. The third-order valence-electron chi connectivity index (χ3n) is 4.84. The Kier molecular flexibility index (Phi) is 5.86. The lowest BCUT2D eigenvalue weighted by Gasteiger charge is -2.15. The molecule has 0 atom stereocenters. The van der Waals surface area contributed by atoms with E-state index in [0.29, 0.717) is 33.0 Å². The molecule has 4 aromatic rings. The van der Waals surface area contributed by atoms with E-state index < -0.39 is 11.6 Å². The average Bonchev–Trinajstić information content (AvgIpc) is 2.77. The van der Waals surface area contributed by atoms with Crippen molar-refractivity contribution < 1.29 is 28.2 Å². The highest BCUT2D eigenvalue weighted by Crippen LogP contribution is 2.45. The van der Waals surface area contributed by atoms with Gasteiger partial charge in [-0.05, 0) is 36.4 Å². The van der Waals surface area contributed by atoms with Gasteiger partial charge in [-0.15, -0.1) is 0 Å². The number of carbonyl (C=O) groups excluding carboxylic acids is 1. The normalized spacial score (nSPS) is 10.9. The van der Waals surface area contributed by atoms with Gasteiger partial charge in [0, 0.05) is 21.9 Å². The monoisotopic (exact) mass is 474 g/mol. The fraction of sp³-hybridized carbons (Fsp3) is 0.130. The first kappa shape index (κ1) is 21.8. The highest BCUT2D eigenvalue weighted by molar-refractivity contribution is 6.36. The van der Waals surface area contributed by atoms with Crippen molar-refractivity contribution in [3.05, 3.63) is 68.5 Å². The van der Waals surface area contributed by atoms with Crippen LogP contribution in [0.3, 0.4) is 0 Å². The number of rotatable bonds is 5. The number of methoxy groups -OCH3 is 3. The highest BCUT2D eigenvalue weighted by Gasteiger charge is 2.22. The maximum absolute atomic E-state index is 12.7. The van der Waals surface area contributed by atoms with Crippen LogP contribution in [0, 0.1) is 0 Å². The molecule has 0 N–H and O–H groups in total. The molecule has 7 nitrogen and oxygen atoms in total. The molecule has 0 bridgehead atoms. The van der Waals surface area contributed by atoms with E-state index in [0.717, 1.165) is 0 Å². The molecule has 164 valence electrons. The summed E-state index contributed by atoms with van der Waals surface area (Å²) in [5, 5.41) is 1.85. The average molecular weight is 475 g/mol. The SMILES string of the molecule is COc1cc2c(=O)oc3cc(OC(=O)c4ccc(Cl)cc4Cl)ccc3c2c(OC)c1OC. The second-order valence-electron chi connectivity index (χ2n) is 6.63. The Balaban J connectivity index is 1.85. The molecule has 4 rings (SSSR count). The number of esters is 1. The molecule has 0 unspecified atom stereocenters. The minimum atomic E-state index is -0.682. The highest BCUT2D eigenvalue weighted by atomic mass is 35.5. The van der Waals surface area contributed by atoms with Crippen molar-refractivity contribution in [2.24, 2.45) is 0 Å². The van der Waals surface area contributed by atoms with E-state index in [4.69, 9.17) is 46.6 Å². The van der Waals surface area contributed by atoms with Gasteiger partial charge in [-0.25, -0.2) is 9.59 Å². The van der Waals surface area contributed by atoms with E-state index in [1.807, 2.05) is 0 Å². The summed E-state index contributed by atoms with van der Waals surface area (Å²) >= 11 is 11.9. The Bertz CT molecular complexity index is 1430. The Morgan fingerprint density at radius 2 is 1.62 bits per heavy atom. The van der Waals surface area contributed by atoms with Crippen LogP contribution in [0.4, 0.5) is 0 Å². The molecule has 0 spiro atoms. The van der Waals surface area contributed by atoms with Gasteiger partial charge in [-0.2, -0.15) is 0 Å². The van der Waals surface area contributed by atoms with Crippen LogP contribution < -0.4 is 24.6 Å². The van der Waals surface area contributed by atoms with Crippen LogP contribution in [-0.4, -0.2) is 27.3 Å². The number of benzene rings is 3. The van der Waals surface area contributed by atoms with Crippen molar-refractivity contribution in [2.75, 3.05) is 21.3 Å². The van der Waals surface area contributed by atoms with Crippen molar-refractivity contribution in [3.8, 4) is 23.0 Å². The molecule has 0 aliphatic carbocycles.